The van der Waals surface area contributed by atoms with Gasteiger partial charge in [-0.1, -0.05) is 40.5 Å². The van der Waals surface area contributed by atoms with Crippen LogP contribution in [-0.2, 0) is 0 Å². The largest absolute Gasteiger partial charge is 0.0651 e. The van der Waals surface area contributed by atoms with Crippen molar-refractivity contribution in [2.24, 2.45) is 17.3 Å². The third kappa shape index (κ3) is 1.45. The van der Waals surface area contributed by atoms with Crippen molar-refractivity contribution in [2.45, 2.75) is 53.4 Å². The summed E-state index contributed by atoms with van der Waals surface area (Å²) in [6, 6.07) is 0. The summed E-state index contributed by atoms with van der Waals surface area (Å²) in [6.07, 6.45) is 5.71. The molecule has 0 aromatic carbocycles. The molecule has 0 N–H and O–H groups in total. The van der Waals surface area contributed by atoms with Crippen LogP contribution in [0.3, 0.4) is 0 Å². The predicted octanol–water partition coefficient (Wildman–Crippen LogP) is 3.86. The summed E-state index contributed by atoms with van der Waals surface area (Å²) in [5.74, 6) is 1.99. The summed E-state index contributed by atoms with van der Waals surface area (Å²) in [7, 11) is 0. The van der Waals surface area contributed by atoms with Crippen LogP contribution < -0.4 is 0 Å². The Bertz CT molecular complexity index is 110. The minimum absolute atomic E-state index is 0.628. The molecule has 0 aromatic rings. The Morgan fingerprint density at radius 1 is 1.00 bits per heavy atom. The van der Waals surface area contributed by atoms with E-state index < -0.39 is 0 Å². The first-order valence-corrected chi connectivity index (χ1v) is 5.12. The summed E-state index contributed by atoms with van der Waals surface area (Å²) in [4.78, 5) is 0. The molecule has 2 unspecified atom stereocenters. The average molecular weight is 154 g/mol. The first-order chi connectivity index (χ1) is 5.12. The Morgan fingerprint density at radius 2 is 1.36 bits per heavy atom. The van der Waals surface area contributed by atoms with E-state index in [1.54, 1.807) is 0 Å². The third-order valence-corrected chi connectivity index (χ3v) is 3.95. The quantitative estimate of drug-likeness (QED) is 0.566. The van der Waals surface area contributed by atoms with Crippen LogP contribution in [0.2, 0.25) is 0 Å². The van der Waals surface area contributed by atoms with Gasteiger partial charge in [-0.3, -0.25) is 0 Å². The molecular weight excluding hydrogens is 132 g/mol. The van der Waals surface area contributed by atoms with Gasteiger partial charge in [-0.25, -0.2) is 0 Å². The highest BCUT2D eigenvalue weighted by molar-refractivity contribution is 4.90. The molecule has 0 bridgehead atoms. The predicted molar refractivity (Wildman–Crippen MR) is 50.6 cm³/mol. The molecule has 0 spiro atoms. The Kier molecular flexibility index (Phi) is 2.61. The summed E-state index contributed by atoms with van der Waals surface area (Å²) in [6.45, 7) is 9.60. The molecule has 66 valence electrons. The van der Waals surface area contributed by atoms with E-state index in [1.165, 1.54) is 25.7 Å². The fourth-order valence-corrected chi connectivity index (χ4v) is 2.94. The fraction of sp³-hybridized carbons (Fsp3) is 1.00. The van der Waals surface area contributed by atoms with Crippen LogP contribution in [0.4, 0.5) is 0 Å². The maximum atomic E-state index is 2.46. The van der Waals surface area contributed by atoms with E-state index in [0.29, 0.717) is 5.41 Å². The topological polar surface area (TPSA) is 0 Å². The summed E-state index contributed by atoms with van der Waals surface area (Å²) < 4.78 is 0. The maximum absolute atomic E-state index is 2.46. The van der Waals surface area contributed by atoms with Gasteiger partial charge >= 0.3 is 0 Å². The van der Waals surface area contributed by atoms with E-state index in [0.717, 1.165) is 11.8 Å². The zero-order chi connectivity index (χ0) is 8.48. The van der Waals surface area contributed by atoms with Crippen LogP contribution in [0, 0.1) is 17.3 Å². The van der Waals surface area contributed by atoms with E-state index in [2.05, 4.69) is 27.7 Å². The minimum Gasteiger partial charge on any atom is -0.0651 e. The van der Waals surface area contributed by atoms with Gasteiger partial charge in [0.1, 0.15) is 0 Å². The number of hydrogen-bond acceptors (Lipinski definition) is 0. The standard InChI is InChI=1S/C11H22/c1-5-9-7-8-10(6-2)11(9,3)4/h9-10H,5-8H2,1-4H3. The molecule has 0 aliphatic heterocycles. The van der Waals surface area contributed by atoms with Gasteiger partial charge in [-0.15, -0.1) is 0 Å². The van der Waals surface area contributed by atoms with Crippen LogP contribution in [0.1, 0.15) is 53.4 Å². The first kappa shape index (κ1) is 9.09. The summed E-state index contributed by atoms with van der Waals surface area (Å²) in [5.41, 5.74) is 0.628. The smallest absolute Gasteiger partial charge is 0.0298 e. The monoisotopic (exact) mass is 154 g/mol. The van der Waals surface area contributed by atoms with Crippen LogP contribution >= 0.6 is 0 Å². The van der Waals surface area contributed by atoms with Crippen LogP contribution in [0.15, 0.2) is 0 Å². The summed E-state index contributed by atoms with van der Waals surface area (Å²) in [5, 5.41) is 0. The molecule has 1 fully saturated rings. The van der Waals surface area contributed by atoms with Crippen molar-refractivity contribution >= 4 is 0 Å². The number of hydrogen-bond donors (Lipinski definition) is 0. The average Bonchev–Trinajstić information content (AvgIpc) is 2.24. The molecule has 2 atom stereocenters. The zero-order valence-electron chi connectivity index (χ0n) is 8.48. The van der Waals surface area contributed by atoms with Crippen molar-refractivity contribution in [3.05, 3.63) is 0 Å². The van der Waals surface area contributed by atoms with Gasteiger partial charge in [-0.05, 0) is 30.1 Å². The zero-order valence-corrected chi connectivity index (χ0v) is 8.48. The molecule has 11 heavy (non-hydrogen) atoms. The second-order valence-electron chi connectivity index (χ2n) is 4.61. The van der Waals surface area contributed by atoms with Crippen molar-refractivity contribution in [3.8, 4) is 0 Å². The first-order valence-electron chi connectivity index (χ1n) is 5.12. The van der Waals surface area contributed by atoms with E-state index >= 15 is 0 Å². The Morgan fingerprint density at radius 3 is 1.55 bits per heavy atom. The van der Waals surface area contributed by atoms with E-state index in [4.69, 9.17) is 0 Å². The van der Waals surface area contributed by atoms with Crippen molar-refractivity contribution in [1.29, 1.82) is 0 Å². The number of rotatable bonds is 2. The Labute approximate surface area is 71.4 Å². The van der Waals surface area contributed by atoms with Gasteiger partial charge in [0.25, 0.3) is 0 Å². The molecule has 0 heterocycles. The lowest BCUT2D eigenvalue weighted by Crippen LogP contribution is -2.24. The molecular formula is C11H22. The Balaban J connectivity index is 2.64. The molecule has 1 aliphatic rings. The highest BCUT2D eigenvalue weighted by atomic mass is 14.4. The van der Waals surface area contributed by atoms with Gasteiger partial charge in [-0.2, -0.15) is 0 Å². The second-order valence-corrected chi connectivity index (χ2v) is 4.61. The molecule has 0 saturated heterocycles. The van der Waals surface area contributed by atoms with Crippen LogP contribution in [0.5, 0.6) is 0 Å². The van der Waals surface area contributed by atoms with Crippen LogP contribution in [0.25, 0.3) is 0 Å². The SMILES string of the molecule is CCC1CCC(CC)C1(C)C. The van der Waals surface area contributed by atoms with E-state index in [-0.39, 0.29) is 0 Å². The Hall–Kier alpha value is 0. The van der Waals surface area contributed by atoms with Crippen molar-refractivity contribution in [3.63, 3.8) is 0 Å². The molecule has 0 amide bonds. The van der Waals surface area contributed by atoms with Crippen LogP contribution in [-0.4, -0.2) is 0 Å². The summed E-state index contributed by atoms with van der Waals surface area (Å²) >= 11 is 0. The van der Waals surface area contributed by atoms with Gasteiger partial charge in [0.05, 0.1) is 0 Å². The van der Waals surface area contributed by atoms with Crippen molar-refractivity contribution in [2.75, 3.05) is 0 Å². The minimum atomic E-state index is 0.628. The molecule has 0 radical (unpaired) electrons. The van der Waals surface area contributed by atoms with Gasteiger partial charge in [0, 0.05) is 0 Å². The van der Waals surface area contributed by atoms with E-state index in [9.17, 15) is 0 Å². The second kappa shape index (κ2) is 3.16. The lowest BCUT2D eigenvalue weighted by molar-refractivity contribution is 0.177. The lowest BCUT2D eigenvalue weighted by Gasteiger charge is -2.32. The highest BCUT2D eigenvalue weighted by Gasteiger charge is 2.40. The normalized spacial score (nSPS) is 36.0. The van der Waals surface area contributed by atoms with Gasteiger partial charge < -0.3 is 0 Å². The molecule has 1 rings (SSSR count). The molecule has 1 saturated carbocycles. The van der Waals surface area contributed by atoms with Gasteiger partial charge in [0.2, 0.25) is 0 Å². The maximum Gasteiger partial charge on any atom is -0.0298 e. The third-order valence-electron chi connectivity index (χ3n) is 3.95. The molecule has 0 aromatic heterocycles. The van der Waals surface area contributed by atoms with Crippen molar-refractivity contribution < 1.29 is 0 Å². The fourth-order valence-electron chi connectivity index (χ4n) is 2.94. The lowest BCUT2D eigenvalue weighted by atomic mass is 9.73. The molecule has 1 aliphatic carbocycles. The molecule has 0 nitrogen and oxygen atoms in total. The highest BCUT2D eigenvalue weighted by Crippen LogP contribution is 2.49. The van der Waals surface area contributed by atoms with E-state index in [1.807, 2.05) is 0 Å². The van der Waals surface area contributed by atoms with Crippen molar-refractivity contribution in [1.82, 2.24) is 0 Å². The van der Waals surface area contributed by atoms with Gasteiger partial charge in [0.15, 0.2) is 0 Å². The molecule has 0 heteroatoms.